The first-order valence-corrected chi connectivity index (χ1v) is 8.60. The Kier molecular flexibility index (Phi) is 5.99. The number of hydrogen-bond donors (Lipinski definition) is 3. The van der Waals surface area contributed by atoms with Crippen LogP contribution < -0.4 is 16.2 Å². The number of amides is 2. The number of nitrogens with one attached hydrogen (secondary N) is 2. The maximum absolute atomic E-state index is 12.8. The standard InChI is InChI=1S/C17H21N5O5/c23-7-3-18-14(24)11-19-13-10-20-15-12(2-1-4-22(15)17(13)26)16(25)21-5-8-27-9-6-21/h1-2,4,10,19,23H,3,5-9,11H2,(H,18,24). The molecule has 10 nitrogen and oxygen atoms in total. The quantitative estimate of drug-likeness (QED) is 0.572. The summed E-state index contributed by atoms with van der Waals surface area (Å²) >= 11 is 0. The lowest BCUT2D eigenvalue weighted by atomic mass is 10.2. The fraction of sp³-hybridized carbons (Fsp3) is 0.412. The summed E-state index contributed by atoms with van der Waals surface area (Å²) in [6, 6.07) is 3.25. The SMILES string of the molecule is O=C(CNc1cnc2c(C(=O)N3CCOCC3)cccn2c1=O)NCCO. The van der Waals surface area contributed by atoms with Crippen LogP contribution in [0.4, 0.5) is 5.69 Å². The number of pyridine rings is 1. The number of aliphatic hydroxyl groups excluding tert-OH is 1. The minimum atomic E-state index is -0.411. The maximum atomic E-state index is 12.8. The van der Waals surface area contributed by atoms with Crippen LogP contribution >= 0.6 is 0 Å². The van der Waals surface area contributed by atoms with Gasteiger partial charge >= 0.3 is 0 Å². The summed E-state index contributed by atoms with van der Waals surface area (Å²) in [6.07, 6.45) is 2.84. The summed E-state index contributed by atoms with van der Waals surface area (Å²) < 4.78 is 6.54. The van der Waals surface area contributed by atoms with Crippen LogP contribution in [0.2, 0.25) is 0 Å². The topological polar surface area (TPSA) is 125 Å². The number of fused-ring (bicyclic) bond motifs is 1. The molecule has 0 unspecified atom stereocenters. The molecule has 0 bridgehead atoms. The van der Waals surface area contributed by atoms with Crippen LogP contribution in [0.25, 0.3) is 5.65 Å². The van der Waals surface area contributed by atoms with Crippen molar-refractivity contribution in [2.45, 2.75) is 0 Å². The van der Waals surface area contributed by atoms with E-state index >= 15 is 0 Å². The van der Waals surface area contributed by atoms with E-state index in [4.69, 9.17) is 9.84 Å². The van der Waals surface area contributed by atoms with E-state index in [9.17, 15) is 14.4 Å². The van der Waals surface area contributed by atoms with Gasteiger partial charge in [0.25, 0.3) is 11.5 Å². The summed E-state index contributed by atoms with van der Waals surface area (Å²) in [7, 11) is 0. The summed E-state index contributed by atoms with van der Waals surface area (Å²) in [6.45, 7) is 1.80. The van der Waals surface area contributed by atoms with E-state index in [0.29, 0.717) is 31.9 Å². The van der Waals surface area contributed by atoms with E-state index in [1.165, 1.54) is 16.8 Å². The number of carbonyl (C=O) groups excluding carboxylic acids is 2. The molecule has 1 aliphatic heterocycles. The highest BCUT2D eigenvalue weighted by atomic mass is 16.5. The predicted octanol–water partition coefficient (Wildman–Crippen LogP) is -1.31. The van der Waals surface area contributed by atoms with Crippen molar-refractivity contribution in [3.63, 3.8) is 0 Å². The van der Waals surface area contributed by atoms with Crippen molar-refractivity contribution in [3.8, 4) is 0 Å². The molecule has 0 aliphatic carbocycles. The number of rotatable bonds is 6. The van der Waals surface area contributed by atoms with Crippen LogP contribution in [-0.4, -0.2) is 77.2 Å². The highest BCUT2D eigenvalue weighted by Crippen LogP contribution is 2.12. The highest BCUT2D eigenvalue weighted by molar-refractivity contribution is 5.99. The zero-order valence-electron chi connectivity index (χ0n) is 14.7. The molecule has 1 aliphatic rings. The Labute approximate surface area is 154 Å². The minimum absolute atomic E-state index is 0.130. The largest absolute Gasteiger partial charge is 0.395 e. The number of ether oxygens (including phenoxy) is 1. The van der Waals surface area contributed by atoms with Gasteiger partial charge in [-0.2, -0.15) is 0 Å². The van der Waals surface area contributed by atoms with Crippen molar-refractivity contribution < 1.29 is 19.4 Å². The van der Waals surface area contributed by atoms with Crippen molar-refractivity contribution in [1.82, 2.24) is 19.6 Å². The highest BCUT2D eigenvalue weighted by Gasteiger charge is 2.21. The van der Waals surface area contributed by atoms with Crippen LogP contribution in [0.1, 0.15) is 10.4 Å². The van der Waals surface area contributed by atoms with Crippen LogP contribution in [0.3, 0.4) is 0 Å². The van der Waals surface area contributed by atoms with Crippen LogP contribution in [0, 0.1) is 0 Å². The van der Waals surface area contributed by atoms with Gasteiger partial charge in [0.1, 0.15) is 5.69 Å². The third kappa shape index (κ3) is 4.23. The second kappa shape index (κ2) is 8.60. The number of hydrogen-bond acceptors (Lipinski definition) is 7. The molecule has 2 aromatic rings. The van der Waals surface area contributed by atoms with Gasteiger partial charge in [0.15, 0.2) is 5.65 Å². The summed E-state index contributed by atoms with van der Waals surface area (Å²) in [4.78, 5) is 42.9. The van der Waals surface area contributed by atoms with Gasteiger partial charge in [-0.05, 0) is 12.1 Å². The Balaban J connectivity index is 1.83. The molecule has 10 heteroatoms. The predicted molar refractivity (Wildman–Crippen MR) is 96.8 cm³/mol. The Morgan fingerprint density at radius 3 is 2.81 bits per heavy atom. The molecule has 3 heterocycles. The fourth-order valence-electron chi connectivity index (χ4n) is 2.76. The van der Waals surface area contributed by atoms with E-state index in [-0.39, 0.29) is 42.8 Å². The molecule has 0 radical (unpaired) electrons. The molecular weight excluding hydrogens is 354 g/mol. The number of anilines is 1. The molecule has 0 spiro atoms. The van der Waals surface area contributed by atoms with Crippen molar-refractivity contribution in [2.75, 3.05) is 51.3 Å². The van der Waals surface area contributed by atoms with Gasteiger partial charge < -0.3 is 25.4 Å². The Morgan fingerprint density at radius 2 is 2.07 bits per heavy atom. The normalized spacial score (nSPS) is 14.2. The van der Waals surface area contributed by atoms with Crippen LogP contribution in [0.5, 0.6) is 0 Å². The zero-order valence-corrected chi connectivity index (χ0v) is 14.7. The molecule has 3 rings (SSSR count). The zero-order chi connectivity index (χ0) is 19.2. The number of morpholine rings is 1. The number of nitrogens with zero attached hydrogens (tertiary/aromatic N) is 3. The number of aromatic nitrogens is 2. The first-order valence-electron chi connectivity index (χ1n) is 8.60. The molecule has 2 aromatic heterocycles. The first kappa shape index (κ1) is 18.8. The molecule has 27 heavy (non-hydrogen) atoms. The van der Waals surface area contributed by atoms with Crippen molar-refractivity contribution in [1.29, 1.82) is 0 Å². The third-order valence-electron chi connectivity index (χ3n) is 4.13. The summed E-state index contributed by atoms with van der Waals surface area (Å²) in [5, 5.41) is 13.9. The van der Waals surface area contributed by atoms with Crippen molar-refractivity contribution >= 4 is 23.1 Å². The average molecular weight is 375 g/mol. The van der Waals surface area contributed by atoms with E-state index in [1.54, 1.807) is 17.0 Å². The molecule has 2 amide bonds. The monoisotopic (exact) mass is 375 g/mol. The second-order valence-corrected chi connectivity index (χ2v) is 5.92. The van der Waals surface area contributed by atoms with E-state index in [1.807, 2.05) is 0 Å². The molecule has 0 aromatic carbocycles. The molecule has 1 fully saturated rings. The van der Waals surface area contributed by atoms with Crippen molar-refractivity contribution in [2.24, 2.45) is 0 Å². The van der Waals surface area contributed by atoms with Gasteiger partial charge in [0, 0.05) is 25.8 Å². The van der Waals surface area contributed by atoms with Gasteiger partial charge in [0.05, 0.1) is 38.1 Å². The number of carbonyl (C=O) groups is 2. The maximum Gasteiger partial charge on any atom is 0.281 e. The molecule has 0 atom stereocenters. The summed E-state index contributed by atoms with van der Waals surface area (Å²) in [5.41, 5.74) is 0.326. The minimum Gasteiger partial charge on any atom is -0.395 e. The van der Waals surface area contributed by atoms with E-state index in [2.05, 4.69) is 15.6 Å². The van der Waals surface area contributed by atoms with E-state index in [0.717, 1.165) is 0 Å². The Morgan fingerprint density at radius 1 is 1.30 bits per heavy atom. The lowest BCUT2D eigenvalue weighted by Gasteiger charge is -2.27. The van der Waals surface area contributed by atoms with Crippen LogP contribution in [-0.2, 0) is 9.53 Å². The Hall–Kier alpha value is -2.98. The molecular formula is C17H21N5O5. The smallest absolute Gasteiger partial charge is 0.281 e. The lowest BCUT2D eigenvalue weighted by Crippen LogP contribution is -2.41. The number of aliphatic hydroxyl groups is 1. The van der Waals surface area contributed by atoms with Gasteiger partial charge in [-0.15, -0.1) is 0 Å². The third-order valence-corrected chi connectivity index (χ3v) is 4.13. The molecule has 0 saturated carbocycles. The molecule has 3 N–H and O–H groups in total. The van der Waals surface area contributed by atoms with E-state index < -0.39 is 5.56 Å². The fourth-order valence-corrected chi connectivity index (χ4v) is 2.76. The van der Waals surface area contributed by atoms with Gasteiger partial charge in [-0.25, -0.2) is 4.98 Å². The summed E-state index contributed by atoms with van der Waals surface area (Å²) in [5.74, 6) is -0.558. The Bertz CT molecular complexity index is 891. The lowest BCUT2D eigenvalue weighted by molar-refractivity contribution is -0.119. The van der Waals surface area contributed by atoms with Gasteiger partial charge in [-0.1, -0.05) is 0 Å². The van der Waals surface area contributed by atoms with Gasteiger partial charge in [-0.3, -0.25) is 18.8 Å². The molecule has 1 saturated heterocycles. The van der Waals surface area contributed by atoms with Crippen molar-refractivity contribution in [3.05, 3.63) is 40.4 Å². The second-order valence-electron chi connectivity index (χ2n) is 5.92. The average Bonchev–Trinajstić information content (AvgIpc) is 2.71. The molecule has 144 valence electrons. The van der Waals surface area contributed by atoms with Crippen LogP contribution in [0.15, 0.2) is 29.3 Å². The first-order chi connectivity index (χ1) is 13.1. The van der Waals surface area contributed by atoms with Gasteiger partial charge in [0.2, 0.25) is 5.91 Å².